The Balaban J connectivity index is 1.59. The van der Waals surface area contributed by atoms with Gasteiger partial charge in [-0.1, -0.05) is 0 Å². The third kappa shape index (κ3) is 6.53. The van der Waals surface area contributed by atoms with Crippen LogP contribution in [-0.4, -0.2) is 93.9 Å². The van der Waals surface area contributed by atoms with E-state index in [-0.39, 0.29) is 40.4 Å². The minimum atomic E-state index is -3.78. The fourth-order valence-electron chi connectivity index (χ4n) is 4.62. The summed E-state index contributed by atoms with van der Waals surface area (Å²) in [7, 11) is -2.41. The molecule has 0 bridgehead atoms. The number of ketones is 1. The minimum Gasteiger partial charge on any atom is -0.496 e. The Labute approximate surface area is 216 Å². The summed E-state index contributed by atoms with van der Waals surface area (Å²) in [6.07, 6.45) is 2.83. The molecule has 2 aliphatic rings. The van der Waals surface area contributed by atoms with Gasteiger partial charge in [0.25, 0.3) is 0 Å². The van der Waals surface area contributed by atoms with E-state index in [2.05, 4.69) is 20.2 Å². The molecular weight excluding hydrogens is 503 g/mol. The van der Waals surface area contributed by atoms with E-state index in [1.165, 1.54) is 29.7 Å². The standard InChI is InChI=1S/C24H33FN6O5S/c1-35-21-4-3-17(25)15-19(21)22(32)20-16-28-24(29-23(20)26)31(18-5-7-27-8-6-18)37(33,34)14-2-9-30-10-12-36-13-11-30/h3-4,15-16,18,27H,2,5-14H2,1H3,(H2,26,28,29). The average Bonchev–Trinajstić information content (AvgIpc) is 2.89. The maximum absolute atomic E-state index is 13.8. The van der Waals surface area contributed by atoms with Crippen LogP contribution < -0.4 is 20.1 Å². The van der Waals surface area contributed by atoms with E-state index in [1.807, 2.05) is 0 Å². The normalized spacial score (nSPS) is 17.5. The molecule has 2 aromatic rings. The van der Waals surface area contributed by atoms with Crippen molar-refractivity contribution < 1.29 is 27.1 Å². The number of nitrogens with zero attached hydrogens (tertiary/aromatic N) is 4. The van der Waals surface area contributed by atoms with Gasteiger partial charge in [0.15, 0.2) is 0 Å². The molecule has 202 valence electrons. The van der Waals surface area contributed by atoms with Crippen molar-refractivity contribution in [3.63, 3.8) is 0 Å². The van der Waals surface area contributed by atoms with Gasteiger partial charge in [0, 0.05) is 19.3 Å². The molecule has 3 N–H and O–H groups in total. The molecule has 0 aliphatic carbocycles. The Bertz CT molecular complexity index is 1200. The van der Waals surface area contributed by atoms with Crippen molar-refractivity contribution in [3.05, 3.63) is 41.3 Å². The number of sulfonamides is 1. The third-order valence-corrected chi connectivity index (χ3v) is 8.44. The molecule has 13 heteroatoms. The number of benzene rings is 1. The molecule has 3 heterocycles. The highest BCUT2D eigenvalue weighted by Crippen LogP contribution is 2.28. The Morgan fingerprint density at radius 2 is 2.00 bits per heavy atom. The lowest BCUT2D eigenvalue weighted by Crippen LogP contribution is -2.48. The van der Waals surface area contributed by atoms with E-state index in [9.17, 15) is 17.6 Å². The SMILES string of the molecule is COc1ccc(F)cc1C(=O)c1cnc(N(C2CCNCC2)S(=O)(=O)CCCN2CCOCC2)nc1N. The smallest absolute Gasteiger partial charge is 0.241 e. The Kier molecular flexibility index (Phi) is 8.90. The van der Waals surface area contributed by atoms with Crippen LogP contribution in [0.25, 0.3) is 0 Å². The van der Waals surface area contributed by atoms with Crippen molar-refractivity contribution in [2.24, 2.45) is 0 Å². The predicted molar refractivity (Wildman–Crippen MR) is 137 cm³/mol. The Hall–Kier alpha value is -2.87. The van der Waals surface area contributed by atoms with Crippen molar-refractivity contribution in [2.45, 2.75) is 25.3 Å². The summed E-state index contributed by atoms with van der Waals surface area (Å²) in [5.74, 6) is -1.39. The van der Waals surface area contributed by atoms with E-state index in [0.717, 1.165) is 19.2 Å². The van der Waals surface area contributed by atoms with Gasteiger partial charge >= 0.3 is 0 Å². The number of hydrogen-bond donors (Lipinski definition) is 2. The number of aromatic nitrogens is 2. The van der Waals surface area contributed by atoms with Crippen LogP contribution in [0.4, 0.5) is 16.2 Å². The Morgan fingerprint density at radius 1 is 1.27 bits per heavy atom. The van der Waals surface area contributed by atoms with Crippen LogP contribution in [0, 0.1) is 5.82 Å². The van der Waals surface area contributed by atoms with Crippen LogP contribution in [0.3, 0.4) is 0 Å². The summed E-state index contributed by atoms with van der Waals surface area (Å²) in [5, 5.41) is 3.23. The van der Waals surface area contributed by atoms with E-state index in [4.69, 9.17) is 15.2 Å². The number of carbonyl (C=O) groups is 1. The lowest BCUT2D eigenvalue weighted by molar-refractivity contribution is 0.0381. The van der Waals surface area contributed by atoms with Gasteiger partial charge in [-0.3, -0.25) is 9.69 Å². The largest absolute Gasteiger partial charge is 0.496 e. The number of morpholine rings is 1. The number of halogens is 1. The Morgan fingerprint density at radius 3 is 2.68 bits per heavy atom. The maximum Gasteiger partial charge on any atom is 0.241 e. The number of nitrogens with two attached hydrogens (primary N) is 1. The second-order valence-corrected chi connectivity index (χ2v) is 11.0. The van der Waals surface area contributed by atoms with Gasteiger partial charge in [-0.05, 0) is 57.1 Å². The number of anilines is 2. The highest BCUT2D eigenvalue weighted by Gasteiger charge is 2.34. The van der Waals surface area contributed by atoms with E-state index < -0.39 is 21.6 Å². The summed E-state index contributed by atoms with van der Waals surface area (Å²) < 4.78 is 52.7. The molecule has 0 atom stereocenters. The second kappa shape index (κ2) is 12.1. The molecule has 0 spiro atoms. The molecule has 2 saturated heterocycles. The monoisotopic (exact) mass is 536 g/mol. The number of nitrogen functional groups attached to an aromatic ring is 1. The van der Waals surface area contributed by atoms with Crippen LogP contribution in [0.2, 0.25) is 0 Å². The first kappa shape index (κ1) is 27.2. The zero-order valence-corrected chi connectivity index (χ0v) is 21.7. The summed E-state index contributed by atoms with van der Waals surface area (Å²) in [6, 6.07) is 3.24. The zero-order valence-electron chi connectivity index (χ0n) is 20.9. The second-order valence-electron chi connectivity index (χ2n) is 9.04. The lowest BCUT2D eigenvalue weighted by Gasteiger charge is -2.34. The lowest BCUT2D eigenvalue weighted by atomic mass is 10.0. The minimum absolute atomic E-state index is 0.0310. The average molecular weight is 537 g/mol. The number of carbonyl (C=O) groups excluding carboxylic acids is 1. The first-order valence-electron chi connectivity index (χ1n) is 12.3. The summed E-state index contributed by atoms with van der Waals surface area (Å²) in [5.41, 5.74) is 6.04. The van der Waals surface area contributed by atoms with E-state index in [1.54, 1.807) is 0 Å². The number of piperidine rings is 1. The molecule has 0 amide bonds. The van der Waals surface area contributed by atoms with Gasteiger partial charge < -0.3 is 20.5 Å². The van der Waals surface area contributed by atoms with E-state index in [0.29, 0.717) is 52.1 Å². The maximum atomic E-state index is 13.8. The molecule has 0 radical (unpaired) electrons. The van der Waals surface area contributed by atoms with Gasteiger partial charge in [0.1, 0.15) is 17.4 Å². The van der Waals surface area contributed by atoms with Crippen LogP contribution >= 0.6 is 0 Å². The molecule has 2 aliphatic heterocycles. The predicted octanol–water partition coefficient (Wildman–Crippen LogP) is 1.05. The van der Waals surface area contributed by atoms with Gasteiger partial charge in [0.05, 0.1) is 43.2 Å². The molecule has 2 fully saturated rings. The topological polar surface area (TPSA) is 140 Å². The van der Waals surface area contributed by atoms with Crippen molar-refractivity contribution in [3.8, 4) is 5.75 Å². The van der Waals surface area contributed by atoms with Crippen LogP contribution in [-0.2, 0) is 14.8 Å². The fourth-order valence-corrected chi connectivity index (χ4v) is 6.31. The number of nitrogens with one attached hydrogen (secondary N) is 1. The number of rotatable bonds is 10. The van der Waals surface area contributed by atoms with Crippen molar-refractivity contribution in [1.29, 1.82) is 0 Å². The number of ether oxygens (including phenoxy) is 2. The summed E-state index contributed by atoms with van der Waals surface area (Å²) >= 11 is 0. The zero-order chi connectivity index (χ0) is 26.4. The first-order valence-corrected chi connectivity index (χ1v) is 13.9. The van der Waals surface area contributed by atoms with Crippen molar-refractivity contribution in [1.82, 2.24) is 20.2 Å². The quantitative estimate of drug-likeness (QED) is 0.424. The molecule has 0 unspecified atom stereocenters. The molecule has 1 aromatic carbocycles. The molecule has 11 nitrogen and oxygen atoms in total. The molecule has 0 saturated carbocycles. The van der Waals surface area contributed by atoms with Gasteiger partial charge in [0.2, 0.25) is 21.8 Å². The molecular formula is C24H33FN6O5S. The van der Waals surface area contributed by atoms with Crippen molar-refractivity contribution in [2.75, 3.05) is 68.8 Å². The van der Waals surface area contributed by atoms with Crippen LogP contribution in [0.15, 0.2) is 24.4 Å². The number of methoxy groups -OCH3 is 1. The van der Waals surface area contributed by atoms with Gasteiger partial charge in [-0.25, -0.2) is 22.1 Å². The molecule has 4 rings (SSSR count). The van der Waals surface area contributed by atoms with E-state index >= 15 is 0 Å². The highest BCUT2D eigenvalue weighted by atomic mass is 32.2. The first-order chi connectivity index (χ1) is 17.8. The van der Waals surface area contributed by atoms with Gasteiger partial charge in [-0.2, -0.15) is 4.98 Å². The highest BCUT2D eigenvalue weighted by molar-refractivity contribution is 7.92. The van der Waals surface area contributed by atoms with Crippen LogP contribution in [0.1, 0.15) is 35.2 Å². The van der Waals surface area contributed by atoms with Gasteiger partial charge in [-0.15, -0.1) is 0 Å². The van der Waals surface area contributed by atoms with Crippen molar-refractivity contribution >= 4 is 27.6 Å². The molecule has 37 heavy (non-hydrogen) atoms. The fraction of sp³-hybridized carbons (Fsp3) is 0.542. The number of hydrogen-bond acceptors (Lipinski definition) is 10. The summed E-state index contributed by atoms with van der Waals surface area (Å²) in [4.78, 5) is 23.8. The van der Waals surface area contributed by atoms with Crippen LogP contribution in [0.5, 0.6) is 5.75 Å². The summed E-state index contributed by atoms with van der Waals surface area (Å²) in [6.45, 7) is 4.83. The molecule has 1 aromatic heterocycles. The third-order valence-electron chi connectivity index (χ3n) is 6.57.